The number of likely N-dealkylation sites (tertiary alicyclic amines) is 1. The van der Waals surface area contributed by atoms with E-state index in [0.29, 0.717) is 6.61 Å². The number of aliphatic hydroxyl groups excluding tert-OH is 1. The molecule has 0 aromatic heterocycles. The monoisotopic (exact) mass is 325 g/mol. The van der Waals surface area contributed by atoms with Gasteiger partial charge in [0, 0.05) is 31.5 Å². The van der Waals surface area contributed by atoms with Crippen LogP contribution in [0, 0.1) is 0 Å². The summed E-state index contributed by atoms with van der Waals surface area (Å²) in [5.74, 6) is 0.491. The van der Waals surface area contributed by atoms with Gasteiger partial charge in [0.2, 0.25) is 5.79 Å². The molecule has 1 fully saturated rings. The molecule has 0 bridgehead atoms. The molecule has 2 heterocycles. The Balaban J connectivity index is 1.59. The number of rotatable bonds is 2. The van der Waals surface area contributed by atoms with Gasteiger partial charge < -0.3 is 19.5 Å². The second-order valence-corrected chi connectivity index (χ2v) is 6.79. The number of nitrogens with zero attached hydrogens (tertiary/aromatic N) is 1. The lowest BCUT2D eigenvalue weighted by Gasteiger charge is -2.43. The smallest absolute Gasteiger partial charge is 0.213 e. The third-order valence-corrected chi connectivity index (χ3v) is 5.04. The summed E-state index contributed by atoms with van der Waals surface area (Å²) in [6.45, 7) is 2.65. The van der Waals surface area contributed by atoms with Crippen molar-refractivity contribution in [2.75, 3.05) is 20.1 Å². The van der Waals surface area contributed by atoms with Crippen LogP contribution >= 0.6 is 0 Å². The predicted octanol–water partition coefficient (Wildman–Crippen LogP) is 3.18. The zero-order valence-corrected chi connectivity index (χ0v) is 14.0. The van der Waals surface area contributed by atoms with Crippen molar-refractivity contribution in [3.8, 4) is 16.9 Å². The Hall–Kier alpha value is -1.88. The van der Waals surface area contributed by atoms with Gasteiger partial charge in [-0.3, -0.25) is 0 Å². The molecule has 4 heteroatoms. The van der Waals surface area contributed by atoms with E-state index in [9.17, 15) is 5.11 Å². The highest BCUT2D eigenvalue weighted by molar-refractivity contribution is 5.66. The van der Waals surface area contributed by atoms with Gasteiger partial charge in [-0.1, -0.05) is 24.3 Å². The second-order valence-electron chi connectivity index (χ2n) is 6.79. The van der Waals surface area contributed by atoms with Gasteiger partial charge in [0.25, 0.3) is 0 Å². The summed E-state index contributed by atoms with van der Waals surface area (Å²) in [6.07, 6.45) is 1.81. The van der Waals surface area contributed by atoms with Crippen LogP contribution in [0.2, 0.25) is 0 Å². The molecule has 0 unspecified atom stereocenters. The summed E-state index contributed by atoms with van der Waals surface area (Å²) in [5, 5.41) is 9.32. The Morgan fingerprint density at radius 2 is 1.88 bits per heavy atom. The van der Waals surface area contributed by atoms with E-state index in [1.807, 2.05) is 18.2 Å². The molecule has 2 aromatic carbocycles. The van der Waals surface area contributed by atoms with Crippen LogP contribution in [0.15, 0.2) is 42.5 Å². The molecule has 2 aliphatic rings. The summed E-state index contributed by atoms with van der Waals surface area (Å²) in [5.41, 5.74) is 4.23. The SMILES string of the molecule is CN1CCC2(CC1)OCc1cc(-c3cccc(CO)c3)ccc1O2. The van der Waals surface area contributed by atoms with E-state index in [1.54, 1.807) is 0 Å². The number of hydrogen-bond donors (Lipinski definition) is 1. The van der Waals surface area contributed by atoms with E-state index in [4.69, 9.17) is 9.47 Å². The molecule has 1 saturated heterocycles. The van der Waals surface area contributed by atoms with Crippen LogP contribution in [0.25, 0.3) is 11.1 Å². The minimum absolute atomic E-state index is 0.0575. The average molecular weight is 325 g/mol. The van der Waals surface area contributed by atoms with Crippen LogP contribution in [0.5, 0.6) is 5.75 Å². The van der Waals surface area contributed by atoms with Gasteiger partial charge in [-0.05, 0) is 41.9 Å². The standard InChI is InChI=1S/C20H23NO3/c1-21-9-7-20(8-10-21)23-14-18-12-17(5-6-19(18)24-20)16-4-2-3-15(11-16)13-22/h2-6,11-12,22H,7-10,13-14H2,1H3. The molecule has 1 spiro atoms. The number of benzene rings is 2. The molecule has 2 aliphatic heterocycles. The Kier molecular flexibility index (Phi) is 4.04. The molecule has 126 valence electrons. The minimum Gasteiger partial charge on any atom is -0.462 e. The first kappa shape index (κ1) is 15.6. The van der Waals surface area contributed by atoms with Crippen LogP contribution in [-0.4, -0.2) is 35.9 Å². The highest BCUT2D eigenvalue weighted by atomic mass is 16.7. The van der Waals surface area contributed by atoms with Crippen molar-refractivity contribution in [2.24, 2.45) is 0 Å². The van der Waals surface area contributed by atoms with Crippen LogP contribution in [-0.2, 0) is 18.0 Å². The third-order valence-electron chi connectivity index (χ3n) is 5.04. The number of hydrogen-bond acceptors (Lipinski definition) is 4. The highest BCUT2D eigenvalue weighted by Gasteiger charge is 2.40. The fourth-order valence-corrected chi connectivity index (χ4v) is 3.47. The van der Waals surface area contributed by atoms with E-state index in [1.165, 1.54) is 0 Å². The molecule has 0 aliphatic carbocycles. The number of aliphatic hydroxyl groups is 1. The van der Waals surface area contributed by atoms with E-state index in [2.05, 4.69) is 36.2 Å². The van der Waals surface area contributed by atoms with Crippen molar-refractivity contribution in [1.82, 2.24) is 4.90 Å². The number of ether oxygens (including phenoxy) is 2. The Morgan fingerprint density at radius 3 is 2.67 bits per heavy atom. The largest absolute Gasteiger partial charge is 0.462 e. The first-order valence-corrected chi connectivity index (χ1v) is 8.52. The first-order chi connectivity index (χ1) is 11.7. The van der Waals surface area contributed by atoms with Gasteiger partial charge in [-0.25, -0.2) is 0 Å². The zero-order chi connectivity index (χ0) is 16.6. The fourth-order valence-electron chi connectivity index (χ4n) is 3.47. The van der Waals surface area contributed by atoms with E-state index in [0.717, 1.165) is 53.9 Å². The van der Waals surface area contributed by atoms with Crippen molar-refractivity contribution in [3.05, 3.63) is 53.6 Å². The predicted molar refractivity (Wildman–Crippen MR) is 92.7 cm³/mol. The first-order valence-electron chi connectivity index (χ1n) is 8.52. The number of piperidine rings is 1. The normalized spacial score (nSPS) is 19.8. The molecule has 0 saturated carbocycles. The average Bonchev–Trinajstić information content (AvgIpc) is 2.64. The minimum atomic E-state index is -0.447. The molecule has 4 rings (SSSR count). The fraction of sp³-hybridized carbons (Fsp3) is 0.400. The second kappa shape index (κ2) is 6.20. The molecule has 1 N–H and O–H groups in total. The topological polar surface area (TPSA) is 41.9 Å². The summed E-state index contributed by atoms with van der Waals surface area (Å²) in [7, 11) is 2.14. The molecule has 2 aromatic rings. The maximum atomic E-state index is 9.32. The lowest BCUT2D eigenvalue weighted by molar-refractivity contribution is -0.226. The van der Waals surface area contributed by atoms with Crippen molar-refractivity contribution in [1.29, 1.82) is 0 Å². The molecule has 0 atom stereocenters. The van der Waals surface area contributed by atoms with Crippen LogP contribution in [0.1, 0.15) is 24.0 Å². The van der Waals surface area contributed by atoms with Crippen LogP contribution in [0.3, 0.4) is 0 Å². The molecule has 0 amide bonds. The maximum absolute atomic E-state index is 9.32. The summed E-state index contributed by atoms with van der Waals surface area (Å²) in [6, 6.07) is 14.3. The van der Waals surface area contributed by atoms with E-state index < -0.39 is 5.79 Å². The van der Waals surface area contributed by atoms with Crippen molar-refractivity contribution >= 4 is 0 Å². The summed E-state index contributed by atoms with van der Waals surface area (Å²) >= 11 is 0. The highest BCUT2D eigenvalue weighted by Crippen LogP contribution is 2.38. The van der Waals surface area contributed by atoms with Gasteiger partial charge in [0.1, 0.15) is 5.75 Å². The Labute approximate surface area is 142 Å². The molecule has 24 heavy (non-hydrogen) atoms. The molecule has 4 nitrogen and oxygen atoms in total. The van der Waals surface area contributed by atoms with Gasteiger partial charge in [-0.15, -0.1) is 0 Å². The summed E-state index contributed by atoms with van der Waals surface area (Å²) < 4.78 is 12.4. The Morgan fingerprint density at radius 1 is 1.08 bits per heavy atom. The molecular formula is C20H23NO3. The lowest BCUT2D eigenvalue weighted by Crippen LogP contribution is -2.50. The van der Waals surface area contributed by atoms with Crippen molar-refractivity contribution < 1.29 is 14.6 Å². The molecular weight excluding hydrogens is 302 g/mol. The summed E-state index contributed by atoms with van der Waals surface area (Å²) in [4.78, 5) is 2.31. The van der Waals surface area contributed by atoms with Crippen LogP contribution < -0.4 is 4.74 Å². The van der Waals surface area contributed by atoms with Gasteiger partial charge >= 0.3 is 0 Å². The zero-order valence-electron chi connectivity index (χ0n) is 14.0. The van der Waals surface area contributed by atoms with Crippen molar-refractivity contribution in [3.63, 3.8) is 0 Å². The van der Waals surface area contributed by atoms with Gasteiger partial charge in [0.15, 0.2) is 0 Å². The third kappa shape index (κ3) is 2.93. The van der Waals surface area contributed by atoms with Crippen LogP contribution in [0.4, 0.5) is 0 Å². The Bertz CT molecular complexity index is 735. The van der Waals surface area contributed by atoms with Gasteiger partial charge in [-0.2, -0.15) is 0 Å². The van der Waals surface area contributed by atoms with E-state index in [-0.39, 0.29) is 6.61 Å². The maximum Gasteiger partial charge on any atom is 0.213 e. The van der Waals surface area contributed by atoms with Gasteiger partial charge in [0.05, 0.1) is 13.2 Å². The number of fused-ring (bicyclic) bond motifs is 1. The lowest BCUT2D eigenvalue weighted by atomic mass is 9.98. The molecule has 0 radical (unpaired) electrons. The van der Waals surface area contributed by atoms with Crippen molar-refractivity contribution in [2.45, 2.75) is 31.8 Å². The van der Waals surface area contributed by atoms with E-state index >= 15 is 0 Å². The quantitative estimate of drug-likeness (QED) is 0.921.